The van der Waals surface area contributed by atoms with Crippen LogP contribution in [0.2, 0.25) is 0 Å². The summed E-state index contributed by atoms with van der Waals surface area (Å²) in [6.45, 7) is 11.5. The second kappa shape index (κ2) is 9.10. The maximum Gasteiger partial charge on any atom is 0.237 e. The van der Waals surface area contributed by atoms with Crippen molar-refractivity contribution in [3.8, 4) is 0 Å². The molecule has 1 aliphatic heterocycles. The summed E-state index contributed by atoms with van der Waals surface area (Å²) in [6, 6.07) is -0.162. The van der Waals surface area contributed by atoms with Crippen molar-refractivity contribution in [2.45, 2.75) is 38.8 Å². The number of likely N-dealkylation sites (tertiary alicyclic amines) is 1. The molecule has 1 aliphatic rings. The van der Waals surface area contributed by atoms with E-state index in [1.165, 1.54) is 0 Å². The van der Waals surface area contributed by atoms with E-state index in [0.717, 1.165) is 39.0 Å². The summed E-state index contributed by atoms with van der Waals surface area (Å²) in [5.74, 6) is 0.645. The molecule has 3 N–H and O–H groups in total. The average molecular weight is 283 g/mol. The fourth-order valence-corrected chi connectivity index (χ4v) is 2.51. The third kappa shape index (κ3) is 6.50. The van der Waals surface area contributed by atoms with Crippen LogP contribution in [0.5, 0.6) is 0 Å². The van der Waals surface area contributed by atoms with Crippen molar-refractivity contribution >= 4 is 5.91 Å². The molecular weight excluding hydrogens is 254 g/mol. The molecule has 1 rings (SSSR count). The highest BCUT2D eigenvalue weighted by molar-refractivity contribution is 5.81. The van der Waals surface area contributed by atoms with Crippen molar-refractivity contribution in [2.24, 2.45) is 5.92 Å². The molecule has 0 aromatic carbocycles. The lowest BCUT2D eigenvalue weighted by Gasteiger charge is -2.33. The summed E-state index contributed by atoms with van der Waals surface area (Å²) in [5.41, 5.74) is 0. The van der Waals surface area contributed by atoms with E-state index in [0.29, 0.717) is 12.5 Å². The quantitative estimate of drug-likeness (QED) is 0.563. The van der Waals surface area contributed by atoms with Crippen molar-refractivity contribution < 1.29 is 9.90 Å². The van der Waals surface area contributed by atoms with E-state index in [1.807, 2.05) is 13.8 Å². The first-order valence-corrected chi connectivity index (χ1v) is 7.55. The standard InChI is InChI=1S/C15H29N3O2/c1-4-7-16-15(20)13(3)17-10-14-5-8-18(9-6-14)11-12(2)19/h4,12-14,17,19H,1,5-11H2,2-3H3,(H,16,20)/t12-,13-/m1/s1. The average Bonchev–Trinajstić information content (AvgIpc) is 2.43. The highest BCUT2D eigenvalue weighted by atomic mass is 16.3. The minimum Gasteiger partial charge on any atom is -0.392 e. The molecule has 0 aromatic rings. The van der Waals surface area contributed by atoms with Gasteiger partial charge in [-0.3, -0.25) is 4.79 Å². The zero-order valence-electron chi connectivity index (χ0n) is 12.8. The number of rotatable bonds is 8. The van der Waals surface area contributed by atoms with E-state index in [-0.39, 0.29) is 18.1 Å². The normalized spacial score (nSPS) is 20.4. The van der Waals surface area contributed by atoms with Gasteiger partial charge >= 0.3 is 0 Å². The molecule has 1 saturated heterocycles. The van der Waals surface area contributed by atoms with Gasteiger partial charge in [-0.2, -0.15) is 0 Å². The predicted molar refractivity (Wildman–Crippen MR) is 81.5 cm³/mol. The Morgan fingerprint density at radius 1 is 1.45 bits per heavy atom. The molecule has 0 saturated carbocycles. The number of piperidine rings is 1. The molecule has 2 atom stereocenters. The van der Waals surface area contributed by atoms with Gasteiger partial charge in [-0.1, -0.05) is 6.08 Å². The highest BCUT2D eigenvalue weighted by Gasteiger charge is 2.21. The first-order valence-electron chi connectivity index (χ1n) is 7.55. The van der Waals surface area contributed by atoms with Crippen LogP contribution in [0.15, 0.2) is 12.7 Å². The third-order valence-corrected chi connectivity index (χ3v) is 3.76. The van der Waals surface area contributed by atoms with E-state index in [1.54, 1.807) is 6.08 Å². The van der Waals surface area contributed by atoms with Gasteiger partial charge in [-0.05, 0) is 52.2 Å². The molecule has 0 radical (unpaired) electrons. The van der Waals surface area contributed by atoms with Gasteiger partial charge in [0.15, 0.2) is 0 Å². The number of nitrogens with zero attached hydrogens (tertiary/aromatic N) is 1. The lowest BCUT2D eigenvalue weighted by Crippen LogP contribution is -2.46. The van der Waals surface area contributed by atoms with Crippen LogP contribution >= 0.6 is 0 Å². The Bertz CT molecular complexity index is 299. The van der Waals surface area contributed by atoms with Gasteiger partial charge < -0.3 is 20.6 Å². The van der Waals surface area contributed by atoms with Gasteiger partial charge in [0.2, 0.25) is 5.91 Å². The molecule has 1 fully saturated rings. The number of nitrogens with one attached hydrogen (secondary N) is 2. The van der Waals surface area contributed by atoms with Crippen molar-refractivity contribution in [3.05, 3.63) is 12.7 Å². The summed E-state index contributed by atoms with van der Waals surface area (Å²) in [4.78, 5) is 14.0. The number of amides is 1. The van der Waals surface area contributed by atoms with Gasteiger partial charge in [0.05, 0.1) is 12.1 Å². The summed E-state index contributed by atoms with van der Waals surface area (Å²) < 4.78 is 0. The van der Waals surface area contributed by atoms with Gasteiger partial charge in [-0.15, -0.1) is 6.58 Å². The SMILES string of the molecule is C=CCNC(=O)[C@@H](C)NCC1CCN(C[C@@H](C)O)CC1. The number of β-amino-alcohol motifs (C(OH)–C–C–N with tert-alkyl or cyclic N) is 1. The predicted octanol–water partition coefficient (Wildman–Crippen LogP) is 0.360. The first-order chi connectivity index (χ1) is 9.52. The van der Waals surface area contributed by atoms with E-state index < -0.39 is 0 Å². The Hall–Kier alpha value is -0.910. The number of hydrogen-bond donors (Lipinski definition) is 3. The maximum absolute atomic E-state index is 11.7. The van der Waals surface area contributed by atoms with Gasteiger partial charge in [-0.25, -0.2) is 0 Å². The Morgan fingerprint density at radius 3 is 2.65 bits per heavy atom. The zero-order valence-corrected chi connectivity index (χ0v) is 12.8. The molecule has 0 aliphatic carbocycles. The highest BCUT2D eigenvalue weighted by Crippen LogP contribution is 2.16. The molecule has 0 unspecified atom stereocenters. The Kier molecular flexibility index (Phi) is 7.80. The Balaban J connectivity index is 2.17. The first kappa shape index (κ1) is 17.1. The summed E-state index contributed by atoms with van der Waals surface area (Å²) in [7, 11) is 0. The van der Waals surface area contributed by atoms with E-state index in [9.17, 15) is 9.90 Å². The molecular formula is C15H29N3O2. The molecule has 1 heterocycles. The fraction of sp³-hybridized carbons (Fsp3) is 0.800. The Morgan fingerprint density at radius 2 is 2.10 bits per heavy atom. The van der Waals surface area contributed by atoms with Crippen LogP contribution < -0.4 is 10.6 Å². The molecule has 0 spiro atoms. The Labute approximate surface area is 122 Å². The molecule has 1 amide bonds. The van der Waals surface area contributed by atoms with Crippen LogP contribution in [0.25, 0.3) is 0 Å². The van der Waals surface area contributed by atoms with Crippen LogP contribution in [0.4, 0.5) is 0 Å². The summed E-state index contributed by atoms with van der Waals surface area (Å²) in [5, 5.41) is 15.5. The molecule has 20 heavy (non-hydrogen) atoms. The van der Waals surface area contributed by atoms with Crippen molar-refractivity contribution in [2.75, 3.05) is 32.7 Å². The van der Waals surface area contributed by atoms with Crippen LogP contribution in [0.1, 0.15) is 26.7 Å². The molecule has 0 bridgehead atoms. The topological polar surface area (TPSA) is 64.6 Å². The second-order valence-electron chi connectivity index (χ2n) is 5.76. The molecule has 5 heteroatoms. The zero-order chi connectivity index (χ0) is 15.0. The summed E-state index contributed by atoms with van der Waals surface area (Å²) in [6.07, 6.45) is 3.68. The van der Waals surface area contributed by atoms with Crippen LogP contribution in [-0.2, 0) is 4.79 Å². The third-order valence-electron chi connectivity index (χ3n) is 3.76. The van der Waals surface area contributed by atoms with Gasteiger partial charge in [0, 0.05) is 13.1 Å². The number of carbonyl (C=O) groups is 1. The number of carbonyl (C=O) groups excluding carboxylic acids is 1. The van der Waals surface area contributed by atoms with E-state index in [2.05, 4.69) is 22.1 Å². The van der Waals surface area contributed by atoms with E-state index in [4.69, 9.17) is 0 Å². The maximum atomic E-state index is 11.7. The number of aliphatic hydroxyl groups is 1. The largest absolute Gasteiger partial charge is 0.392 e. The lowest BCUT2D eigenvalue weighted by molar-refractivity contribution is -0.122. The van der Waals surface area contributed by atoms with Crippen LogP contribution in [0.3, 0.4) is 0 Å². The van der Waals surface area contributed by atoms with Crippen molar-refractivity contribution in [3.63, 3.8) is 0 Å². The minimum atomic E-state index is -0.252. The van der Waals surface area contributed by atoms with Crippen LogP contribution in [-0.4, -0.2) is 60.8 Å². The summed E-state index contributed by atoms with van der Waals surface area (Å²) >= 11 is 0. The van der Waals surface area contributed by atoms with Crippen molar-refractivity contribution in [1.29, 1.82) is 0 Å². The fourth-order valence-electron chi connectivity index (χ4n) is 2.51. The number of hydrogen-bond acceptors (Lipinski definition) is 4. The van der Waals surface area contributed by atoms with Crippen LogP contribution in [0, 0.1) is 5.92 Å². The number of aliphatic hydroxyl groups excluding tert-OH is 1. The monoisotopic (exact) mass is 283 g/mol. The van der Waals surface area contributed by atoms with Gasteiger partial charge in [0.1, 0.15) is 0 Å². The van der Waals surface area contributed by atoms with Gasteiger partial charge in [0.25, 0.3) is 0 Å². The second-order valence-corrected chi connectivity index (χ2v) is 5.76. The van der Waals surface area contributed by atoms with Crippen molar-refractivity contribution in [1.82, 2.24) is 15.5 Å². The smallest absolute Gasteiger partial charge is 0.237 e. The minimum absolute atomic E-state index is 0.0245. The molecule has 5 nitrogen and oxygen atoms in total. The molecule has 0 aromatic heterocycles. The molecule has 116 valence electrons. The van der Waals surface area contributed by atoms with E-state index >= 15 is 0 Å². The lowest BCUT2D eigenvalue weighted by atomic mass is 9.96.